The monoisotopic (exact) mass is 290 g/mol. The third kappa shape index (κ3) is 4.82. The fraction of sp³-hybridized carbons (Fsp3) is 0.684. The van der Waals surface area contributed by atoms with Gasteiger partial charge in [-0.05, 0) is 50.8 Å². The van der Waals surface area contributed by atoms with E-state index in [1.807, 2.05) is 0 Å². The van der Waals surface area contributed by atoms with Gasteiger partial charge >= 0.3 is 0 Å². The van der Waals surface area contributed by atoms with E-state index in [2.05, 4.69) is 69.9 Å². The van der Waals surface area contributed by atoms with Crippen molar-refractivity contribution >= 4 is 0 Å². The van der Waals surface area contributed by atoms with Crippen LogP contribution in [-0.2, 0) is 5.54 Å². The molecule has 2 unspecified atom stereocenters. The van der Waals surface area contributed by atoms with Crippen LogP contribution in [0.4, 0.5) is 0 Å². The van der Waals surface area contributed by atoms with E-state index in [-0.39, 0.29) is 5.54 Å². The first kappa shape index (κ1) is 18.2. The first-order chi connectivity index (χ1) is 9.95. The smallest absolute Gasteiger partial charge is 0.0567 e. The molecule has 0 aliphatic heterocycles. The van der Waals surface area contributed by atoms with Crippen molar-refractivity contribution in [2.75, 3.05) is 13.1 Å². The van der Waals surface area contributed by atoms with E-state index < -0.39 is 0 Å². The van der Waals surface area contributed by atoms with E-state index in [0.29, 0.717) is 12.0 Å². The molecular formula is C19H34N2. The van der Waals surface area contributed by atoms with Crippen LogP contribution in [0.5, 0.6) is 0 Å². The fourth-order valence-electron chi connectivity index (χ4n) is 3.35. The molecule has 0 saturated heterocycles. The average molecular weight is 290 g/mol. The van der Waals surface area contributed by atoms with Gasteiger partial charge in [0.05, 0.1) is 5.54 Å². The van der Waals surface area contributed by atoms with Crippen LogP contribution in [0.1, 0.15) is 59.4 Å². The molecule has 0 heterocycles. The molecular weight excluding hydrogens is 256 g/mol. The molecule has 0 spiro atoms. The highest BCUT2D eigenvalue weighted by Crippen LogP contribution is 2.32. The van der Waals surface area contributed by atoms with Crippen LogP contribution in [0.15, 0.2) is 30.3 Å². The standard InChI is InChI=1S/C19H34N2/c1-6-13-21(14-7-2)17(5)19(20,15-16(3)4)18-11-9-8-10-12-18/h8-12,16-17H,6-7,13-15,20H2,1-5H3. The molecule has 2 heteroatoms. The minimum Gasteiger partial charge on any atom is -0.320 e. The van der Waals surface area contributed by atoms with Crippen LogP contribution in [0.25, 0.3) is 0 Å². The minimum absolute atomic E-state index is 0.278. The van der Waals surface area contributed by atoms with Crippen molar-refractivity contribution in [2.24, 2.45) is 11.7 Å². The second-order valence-corrected chi connectivity index (χ2v) is 6.72. The summed E-state index contributed by atoms with van der Waals surface area (Å²) in [5, 5.41) is 0. The summed E-state index contributed by atoms with van der Waals surface area (Å²) in [5.41, 5.74) is 7.97. The lowest BCUT2D eigenvalue weighted by Gasteiger charge is -2.43. The Morgan fingerprint density at radius 2 is 1.52 bits per heavy atom. The Kier molecular flexibility index (Phi) is 7.41. The quantitative estimate of drug-likeness (QED) is 0.730. The zero-order valence-corrected chi connectivity index (χ0v) is 14.6. The van der Waals surface area contributed by atoms with Crippen molar-refractivity contribution in [1.29, 1.82) is 0 Å². The molecule has 2 N–H and O–H groups in total. The van der Waals surface area contributed by atoms with Gasteiger partial charge in [-0.25, -0.2) is 0 Å². The lowest BCUT2D eigenvalue weighted by atomic mass is 9.77. The molecule has 0 radical (unpaired) electrons. The van der Waals surface area contributed by atoms with Gasteiger partial charge in [0.15, 0.2) is 0 Å². The maximum absolute atomic E-state index is 6.98. The maximum Gasteiger partial charge on any atom is 0.0567 e. The molecule has 1 aromatic rings. The Bertz CT molecular complexity index is 382. The van der Waals surface area contributed by atoms with Gasteiger partial charge in [-0.15, -0.1) is 0 Å². The van der Waals surface area contributed by atoms with Crippen LogP contribution in [0.3, 0.4) is 0 Å². The van der Waals surface area contributed by atoms with E-state index in [1.165, 1.54) is 18.4 Å². The van der Waals surface area contributed by atoms with E-state index in [4.69, 9.17) is 5.73 Å². The third-order valence-corrected chi connectivity index (χ3v) is 4.37. The number of benzene rings is 1. The summed E-state index contributed by atoms with van der Waals surface area (Å²) in [6, 6.07) is 11.0. The zero-order valence-electron chi connectivity index (χ0n) is 14.6. The van der Waals surface area contributed by atoms with Crippen LogP contribution < -0.4 is 5.73 Å². The predicted molar refractivity (Wildman–Crippen MR) is 93.4 cm³/mol. The Morgan fingerprint density at radius 3 is 1.95 bits per heavy atom. The predicted octanol–water partition coefficient (Wildman–Crippen LogP) is 4.40. The highest BCUT2D eigenvalue weighted by atomic mass is 15.2. The molecule has 0 amide bonds. The van der Waals surface area contributed by atoms with Crippen molar-refractivity contribution in [2.45, 2.75) is 65.5 Å². The van der Waals surface area contributed by atoms with Crippen LogP contribution in [0, 0.1) is 5.92 Å². The van der Waals surface area contributed by atoms with Crippen LogP contribution in [0.2, 0.25) is 0 Å². The topological polar surface area (TPSA) is 29.3 Å². The summed E-state index contributed by atoms with van der Waals surface area (Å²) in [4.78, 5) is 2.56. The van der Waals surface area contributed by atoms with Gasteiger partial charge < -0.3 is 5.73 Å². The molecule has 1 aromatic carbocycles. The third-order valence-electron chi connectivity index (χ3n) is 4.37. The normalized spacial score (nSPS) is 16.2. The summed E-state index contributed by atoms with van der Waals surface area (Å²) >= 11 is 0. The number of rotatable bonds is 9. The van der Waals surface area contributed by atoms with Gasteiger partial charge in [0.2, 0.25) is 0 Å². The minimum atomic E-state index is -0.278. The van der Waals surface area contributed by atoms with Crippen molar-refractivity contribution < 1.29 is 0 Å². The average Bonchev–Trinajstić information content (AvgIpc) is 2.46. The van der Waals surface area contributed by atoms with Crippen molar-refractivity contribution in [1.82, 2.24) is 4.90 Å². The molecule has 0 saturated carbocycles. The van der Waals surface area contributed by atoms with Gasteiger partial charge in [0, 0.05) is 6.04 Å². The lowest BCUT2D eigenvalue weighted by molar-refractivity contribution is 0.115. The van der Waals surface area contributed by atoms with Gasteiger partial charge in [0.1, 0.15) is 0 Å². The zero-order chi connectivity index (χ0) is 15.9. The molecule has 0 fully saturated rings. The van der Waals surface area contributed by atoms with Gasteiger partial charge in [-0.1, -0.05) is 58.0 Å². The Morgan fingerprint density at radius 1 is 1.00 bits per heavy atom. The largest absolute Gasteiger partial charge is 0.320 e. The van der Waals surface area contributed by atoms with Gasteiger partial charge in [-0.2, -0.15) is 0 Å². The number of nitrogens with two attached hydrogens (primary N) is 1. The fourth-order valence-corrected chi connectivity index (χ4v) is 3.35. The summed E-state index contributed by atoms with van der Waals surface area (Å²) in [5.74, 6) is 0.586. The van der Waals surface area contributed by atoms with E-state index >= 15 is 0 Å². The Balaban J connectivity index is 3.10. The summed E-state index contributed by atoms with van der Waals surface area (Å²) in [6.07, 6.45) is 3.37. The summed E-state index contributed by atoms with van der Waals surface area (Å²) < 4.78 is 0. The van der Waals surface area contributed by atoms with E-state index in [9.17, 15) is 0 Å². The van der Waals surface area contributed by atoms with Crippen molar-refractivity contribution in [3.05, 3.63) is 35.9 Å². The van der Waals surface area contributed by atoms with Crippen molar-refractivity contribution in [3.63, 3.8) is 0 Å². The van der Waals surface area contributed by atoms with Crippen LogP contribution in [-0.4, -0.2) is 24.0 Å². The number of hydrogen-bond donors (Lipinski definition) is 1. The maximum atomic E-state index is 6.98. The molecule has 0 bridgehead atoms. The molecule has 0 aliphatic carbocycles. The first-order valence-corrected chi connectivity index (χ1v) is 8.54. The molecule has 21 heavy (non-hydrogen) atoms. The number of nitrogens with zero attached hydrogens (tertiary/aromatic N) is 1. The molecule has 0 aromatic heterocycles. The van der Waals surface area contributed by atoms with Gasteiger partial charge in [0.25, 0.3) is 0 Å². The Hall–Kier alpha value is -0.860. The molecule has 0 aliphatic rings. The number of hydrogen-bond acceptors (Lipinski definition) is 2. The second-order valence-electron chi connectivity index (χ2n) is 6.72. The second kappa shape index (κ2) is 8.55. The molecule has 120 valence electrons. The van der Waals surface area contributed by atoms with Gasteiger partial charge in [-0.3, -0.25) is 4.90 Å². The van der Waals surface area contributed by atoms with E-state index in [1.54, 1.807) is 0 Å². The SMILES string of the molecule is CCCN(CCC)C(C)C(N)(CC(C)C)c1ccccc1. The molecule has 1 rings (SSSR count). The van der Waals surface area contributed by atoms with Crippen LogP contribution >= 0.6 is 0 Å². The lowest BCUT2D eigenvalue weighted by Crippen LogP contribution is -2.55. The first-order valence-electron chi connectivity index (χ1n) is 8.54. The highest BCUT2D eigenvalue weighted by molar-refractivity contribution is 5.26. The summed E-state index contributed by atoms with van der Waals surface area (Å²) in [7, 11) is 0. The van der Waals surface area contributed by atoms with Crippen molar-refractivity contribution in [3.8, 4) is 0 Å². The molecule has 2 atom stereocenters. The summed E-state index contributed by atoms with van der Waals surface area (Å²) in [6.45, 7) is 13.6. The highest BCUT2D eigenvalue weighted by Gasteiger charge is 2.37. The molecule has 2 nitrogen and oxygen atoms in total. The van der Waals surface area contributed by atoms with E-state index in [0.717, 1.165) is 19.5 Å². The Labute approximate surface area is 131 Å².